The van der Waals surface area contributed by atoms with Crippen molar-refractivity contribution in [1.29, 1.82) is 0 Å². The van der Waals surface area contributed by atoms with Gasteiger partial charge in [0.2, 0.25) is 0 Å². The molecule has 2 rings (SSSR count). The molecule has 0 spiro atoms. The molecule has 4 heteroatoms. The average Bonchev–Trinajstić information content (AvgIpc) is 2.48. The van der Waals surface area contributed by atoms with Gasteiger partial charge < -0.3 is 4.98 Å². The Bertz CT molecular complexity index is 423. The van der Waals surface area contributed by atoms with E-state index < -0.39 is 0 Å². The molecule has 0 saturated carbocycles. The van der Waals surface area contributed by atoms with Gasteiger partial charge >= 0.3 is 0 Å². The molecule has 0 atom stereocenters. The molecule has 0 aliphatic carbocycles. The first-order valence-electron chi connectivity index (χ1n) is 4.54. The van der Waals surface area contributed by atoms with Crippen LogP contribution in [0.3, 0.4) is 0 Å². The number of H-pyrrole nitrogens is 1. The Balaban J connectivity index is 2.54. The van der Waals surface area contributed by atoms with Crippen molar-refractivity contribution in [1.82, 2.24) is 9.97 Å². The zero-order chi connectivity index (χ0) is 10.1. The van der Waals surface area contributed by atoms with Gasteiger partial charge in [-0.15, -0.1) is 0 Å². The van der Waals surface area contributed by atoms with Crippen molar-refractivity contribution in [3.63, 3.8) is 0 Å². The molecule has 1 aromatic heterocycles. The van der Waals surface area contributed by atoms with Gasteiger partial charge in [-0.1, -0.05) is 6.92 Å². The van der Waals surface area contributed by atoms with Crippen LogP contribution >= 0.6 is 31.9 Å². The Labute approximate surface area is 99.4 Å². The molecule has 0 aliphatic heterocycles. The third kappa shape index (κ3) is 1.86. The van der Waals surface area contributed by atoms with E-state index in [4.69, 9.17) is 0 Å². The van der Waals surface area contributed by atoms with E-state index in [1.807, 2.05) is 12.1 Å². The number of nitrogens with one attached hydrogen (secondary N) is 1. The number of benzene rings is 1. The summed E-state index contributed by atoms with van der Waals surface area (Å²) in [4.78, 5) is 7.80. The van der Waals surface area contributed by atoms with Crippen LogP contribution in [0.1, 0.15) is 19.2 Å². The summed E-state index contributed by atoms with van der Waals surface area (Å²) in [6.07, 6.45) is 2.12. The van der Waals surface area contributed by atoms with E-state index >= 15 is 0 Å². The molecule has 1 heterocycles. The Hall–Kier alpha value is -0.350. The predicted molar refractivity (Wildman–Crippen MR) is 65.5 cm³/mol. The average molecular weight is 318 g/mol. The molecule has 1 N–H and O–H groups in total. The minimum Gasteiger partial charge on any atom is -0.342 e. The maximum absolute atomic E-state index is 4.50. The standard InChI is InChI=1S/C10H10Br2N2/c1-2-3-10-13-8-4-6(11)7(12)5-9(8)14-10/h4-5H,2-3H2,1H3,(H,13,14). The van der Waals surface area contributed by atoms with Crippen molar-refractivity contribution in [3.8, 4) is 0 Å². The van der Waals surface area contributed by atoms with Gasteiger partial charge in [-0.3, -0.25) is 0 Å². The van der Waals surface area contributed by atoms with Crippen molar-refractivity contribution in [2.45, 2.75) is 19.8 Å². The minimum atomic E-state index is 1.00. The largest absolute Gasteiger partial charge is 0.342 e. The van der Waals surface area contributed by atoms with Gasteiger partial charge in [0.15, 0.2) is 0 Å². The van der Waals surface area contributed by atoms with Crippen molar-refractivity contribution in [2.24, 2.45) is 0 Å². The van der Waals surface area contributed by atoms with E-state index in [2.05, 4.69) is 48.8 Å². The molecule has 2 aromatic rings. The number of nitrogens with zero attached hydrogens (tertiary/aromatic N) is 1. The monoisotopic (exact) mass is 316 g/mol. The summed E-state index contributed by atoms with van der Waals surface area (Å²) in [6.45, 7) is 2.15. The lowest BCUT2D eigenvalue weighted by molar-refractivity contribution is 0.861. The summed E-state index contributed by atoms with van der Waals surface area (Å²) in [5.74, 6) is 1.06. The molecular weight excluding hydrogens is 308 g/mol. The number of aromatic nitrogens is 2. The van der Waals surface area contributed by atoms with Gasteiger partial charge in [-0.05, 0) is 50.4 Å². The second-order valence-corrected chi connectivity index (χ2v) is 4.93. The van der Waals surface area contributed by atoms with Gasteiger partial charge in [0, 0.05) is 15.4 Å². The highest BCUT2D eigenvalue weighted by molar-refractivity contribution is 9.13. The Kier molecular flexibility index (Phi) is 2.93. The third-order valence-electron chi connectivity index (χ3n) is 2.06. The van der Waals surface area contributed by atoms with E-state index in [1.165, 1.54) is 0 Å². The van der Waals surface area contributed by atoms with E-state index in [1.54, 1.807) is 0 Å². The maximum Gasteiger partial charge on any atom is 0.107 e. The molecule has 0 bridgehead atoms. The molecule has 0 radical (unpaired) electrons. The summed E-state index contributed by atoms with van der Waals surface area (Å²) in [7, 11) is 0. The summed E-state index contributed by atoms with van der Waals surface area (Å²) >= 11 is 6.93. The molecule has 0 aliphatic rings. The highest BCUT2D eigenvalue weighted by Crippen LogP contribution is 2.27. The number of rotatable bonds is 2. The molecular formula is C10H10Br2N2. The Morgan fingerprint density at radius 3 is 2.71 bits per heavy atom. The van der Waals surface area contributed by atoms with E-state index in [0.717, 1.165) is 38.6 Å². The van der Waals surface area contributed by atoms with Gasteiger partial charge in [0.1, 0.15) is 5.82 Å². The topological polar surface area (TPSA) is 28.7 Å². The van der Waals surface area contributed by atoms with E-state index in [9.17, 15) is 0 Å². The lowest BCUT2D eigenvalue weighted by Crippen LogP contribution is -1.83. The number of hydrogen-bond donors (Lipinski definition) is 1. The van der Waals surface area contributed by atoms with Gasteiger partial charge in [0.05, 0.1) is 11.0 Å². The van der Waals surface area contributed by atoms with Crippen LogP contribution in [0.4, 0.5) is 0 Å². The quantitative estimate of drug-likeness (QED) is 0.889. The molecule has 0 amide bonds. The molecule has 0 fully saturated rings. The van der Waals surface area contributed by atoms with Crippen molar-refractivity contribution in [3.05, 3.63) is 26.9 Å². The first-order chi connectivity index (χ1) is 6.70. The second-order valence-electron chi connectivity index (χ2n) is 3.22. The molecule has 0 saturated heterocycles. The van der Waals surface area contributed by atoms with Gasteiger partial charge in [-0.2, -0.15) is 0 Å². The van der Waals surface area contributed by atoms with Crippen LogP contribution in [0.5, 0.6) is 0 Å². The van der Waals surface area contributed by atoms with Crippen molar-refractivity contribution in [2.75, 3.05) is 0 Å². The van der Waals surface area contributed by atoms with Crippen molar-refractivity contribution < 1.29 is 0 Å². The first kappa shape index (κ1) is 10.2. The summed E-state index contributed by atoms with van der Waals surface area (Å²) in [5, 5.41) is 0. The fourth-order valence-electron chi connectivity index (χ4n) is 1.41. The molecule has 74 valence electrons. The Morgan fingerprint density at radius 2 is 2.00 bits per heavy atom. The van der Waals surface area contributed by atoms with Crippen molar-refractivity contribution >= 4 is 42.9 Å². The van der Waals surface area contributed by atoms with Crippen LogP contribution < -0.4 is 0 Å². The third-order valence-corrected chi connectivity index (χ3v) is 3.90. The van der Waals surface area contributed by atoms with Crippen LogP contribution in [-0.2, 0) is 6.42 Å². The summed E-state index contributed by atoms with van der Waals surface area (Å²) in [6, 6.07) is 4.07. The second kappa shape index (κ2) is 4.03. The van der Waals surface area contributed by atoms with E-state index in [-0.39, 0.29) is 0 Å². The lowest BCUT2D eigenvalue weighted by atomic mass is 10.3. The van der Waals surface area contributed by atoms with Crippen LogP contribution in [-0.4, -0.2) is 9.97 Å². The number of imidazole rings is 1. The number of aryl methyl sites for hydroxylation is 1. The van der Waals surface area contributed by atoms with Gasteiger partial charge in [0.25, 0.3) is 0 Å². The Morgan fingerprint density at radius 1 is 1.29 bits per heavy atom. The summed E-state index contributed by atoms with van der Waals surface area (Å²) in [5.41, 5.74) is 2.10. The van der Waals surface area contributed by atoms with Crippen LogP contribution in [0.2, 0.25) is 0 Å². The number of halogens is 2. The normalized spacial score (nSPS) is 11.1. The fraction of sp³-hybridized carbons (Fsp3) is 0.300. The molecule has 2 nitrogen and oxygen atoms in total. The molecule has 14 heavy (non-hydrogen) atoms. The minimum absolute atomic E-state index is 1.00. The summed E-state index contributed by atoms with van der Waals surface area (Å²) < 4.78 is 2.09. The highest BCUT2D eigenvalue weighted by Gasteiger charge is 2.05. The number of aromatic amines is 1. The number of hydrogen-bond acceptors (Lipinski definition) is 1. The highest BCUT2D eigenvalue weighted by atomic mass is 79.9. The maximum atomic E-state index is 4.50. The molecule has 0 unspecified atom stereocenters. The molecule has 1 aromatic carbocycles. The number of fused-ring (bicyclic) bond motifs is 1. The fourth-order valence-corrected chi connectivity index (χ4v) is 2.09. The van der Waals surface area contributed by atoms with Crippen LogP contribution in [0, 0.1) is 0 Å². The predicted octanol–water partition coefficient (Wildman–Crippen LogP) is 4.04. The lowest BCUT2D eigenvalue weighted by Gasteiger charge is -1.93. The smallest absolute Gasteiger partial charge is 0.107 e. The van der Waals surface area contributed by atoms with Crippen LogP contribution in [0.15, 0.2) is 21.1 Å². The van der Waals surface area contributed by atoms with Crippen LogP contribution in [0.25, 0.3) is 11.0 Å². The zero-order valence-electron chi connectivity index (χ0n) is 7.77. The SMILES string of the molecule is CCCc1nc2cc(Br)c(Br)cc2[nH]1. The first-order valence-corrected chi connectivity index (χ1v) is 6.13. The van der Waals surface area contributed by atoms with Gasteiger partial charge in [-0.25, -0.2) is 4.98 Å². The zero-order valence-corrected chi connectivity index (χ0v) is 10.9. The van der Waals surface area contributed by atoms with E-state index in [0.29, 0.717) is 0 Å².